The molecule has 0 atom stereocenters. The predicted octanol–water partition coefficient (Wildman–Crippen LogP) is 3.23. The van der Waals surface area contributed by atoms with Gasteiger partial charge in [0.25, 0.3) is 17.3 Å². The van der Waals surface area contributed by atoms with Crippen LogP contribution in [-0.4, -0.2) is 65.0 Å². The van der Waals surface area contributed by atoms with Gasteiger partial charge in [0, 0.05) is 38.3 Å². The second kappa shape index (κ2) is 9.52. The molecule has 0 aliphatic carbocycles. The van der Waals surface area contributed by atoms with Gasteiger partial charge in [-0.1, -0.05) is 11.3 Å². The molecule has 1 saturated heterocycles. The molecule has 1 aliphatic rings. The van der Waals surface area contributed by atoms with Crippen molar-refractivity contribution in [2.45, 2.75) is 0 Å². The van der Waals surface area contributed by atoms with Gasteiger partial charge >= 0.3 is 0 Å². The topological polar surface area (TPSA) is 132 Å². The summed E-state index contributed by atoms with van der Waals surface area (Å²) in [5.41, 5.74) is -0.840. The number of hydrogen-bond donors (Lipinski definition) is 0. The zero-order valence-electron chi connectivity index (χ0n) is 17.2. The van der Waals surface area contributed by atoms with E-state index in [0.29, 0.717) is 43.1 Å². The van der Waals surface area contributed by atoms with Crippen molar-refractivity contribution in [1.29, 1.82) is 0 Å². The zero-order valence-corrected chi connectivity index (χ0v) is 18.0. The average molecular weight is 475 g/mol. The van der Waals surface area contributed by atoms with Gasteiger partial charge in [0.05, 0.1) is 44.9 Å². The van der Waals surface area contributed by atoms with Gasteiger partial charge in [-0.05, 0) is 18.2 Å². The highest BCUT2D eigenvalue weighted by Gasteiger charge is 2.27. The van der Waals surface area contributed by atoms with Gasteiger partial charge in [0.2, 0.25) is 0 Å². The van der Waals surface area contributed by atoms with E-state index in [-0.39, 0.29) is 17.2 Å². The number of anilines is 1. The smallest absolute Gasteiger partial charge is 0.277 e. The number of amides is 1. The van der Waals surface area contributed by atoms with Crippen LogP contribution in [0.5, 0.6) is 0 Å². The summed E-state index contributed by atoms with van der Waals surface area (Å²) in [5, 5.41) is 22.8. The third-order valence-corrected chi connectivity index (χ3v) is 6.17. The Bertz CT molecular complexity index is 1200. The predicted molar refractivity (Wildman–Crippen MR) is 118 cm³/mol. The fourth-order valence-electron chi connectivity index (χ4n) is 3.44. The van der Waals surface area contributed by atoms with E-state index in [4.69, 9.17) is 4.74 Å². The van der Waals surface area contributed by atoms with E-state index in [1.165, 1.54) is 23.1 Å². The highest BCUT2D eigenvalue weighted by atomic mass is 32.1. The molecule has 1 amide bonds. The number of hydrogen-bond acceptors (Lipinski definition) is 9. The number of nitrogens with zero attached hydrogens (tertiary/aromatic N) is 5. The standard InChI is InChI=1S/C20H18FN5O6S/c21-14-1-2-17-18(11-14)33-20(22-17)24(4-3-23-5-7-32-8-6-23)19(27)13-9-15(25(28)29)12-16(10-13)26(30)31/h1-2,9-12H,3-8H2. The van der Waals surface area contributed by atoms with Crippen molar-refractivity contribution in [2.24, 2.45) is 0 Å². The van der Waals surface area contributed by atoms with Crippen LogP contribution in [0.3, 0.4) is 0 Å². The molecular weight excluding hydrogens is 457 g/mol. The number of ether oxygens (including phenoxy) is 1. The first-order valence-electron chi connectivity index (χ1n) is 9.94. The van der Waals surface area contributed by atoms with Crippen molar-refractivity contribution in [2.75, 3.05) is 44.3 Å². The Labute approximate surface area is 190 Å². The number of aromatic nitrogens is 1. The fourth-order valence-corrected chi connectivity index (χ4v) is 4.45. The van der Waals surface area contributed by atoms with Crippen LogP contribution in [0.4, 0.5) is 20.9 Å². The summed E-state index contributed by atoms with van der Waals surface area (Å²) >= 11 is 1.09. The third-order valence-electron chi connectivity index (χ3n) is 5.13. The highest BCUT2D eigenvalue weighted by Crippen LogP contribution is 2.31. The van der Waals surface area contributed by atoms with Gasteiger partial charge in [-0.2, -0.15) is 0 Å². The van der Waals surface area contributed by atoms with Crippen molar-refractivity contribution in [3.05, 3.63) is 68.0 Å². The lowest BCUT2D eigenvalue weighted by molar-refractivity contribution is -0.394. The summed E-state index contributed by atoms with van der Waals surface area (Å²) in [6.45, 7) is 3.12. The third kappa shape index (κ3) is 5.10. The van der Waals surface area contributed by atoms with Gasteiger partial charge in [0.15, 0.2) is 5.13 Å². The van der Waals surface area contributed by atoms with E-state index < -0.39 is 32.9 Å². The molecule has 172 valence electrons. The number of morpholine rings is 1. The molecule has 13 heteroatoms. The lowest BCUT2D eigenvalue weighted by Crippen LogP contribution is -2.43. The molecule has 2 aromatic carbocycles. The van der Waals surface area contributed by atoms with Gasteiger partial charge in [-0.25, -0.2) is 9.37 Å². The molecule has 0 bridgehead atoms. The summed E-state index contributed by atoms with van der Waals surface area (Å²) in [5.74, 6) is -1.12. The summed E-state index contributed by atoms with van der Waals surface area (Å²) in [6, 6.07) is 6.87. The normalized spacial score (nSPS) is 14.3. The number of nitro groups is 2. The molecular formula is C20H18FN5O6S. The fraction of sp³-hybridized carbons (Fsp3) is 0.300. The first-order valence-corrected chi connectivity index (χ1v) is 10.8. The monoisotopic (exact) mass is 475 g/mol. The largest absolute Gasteiger partial charge is 0.379 e. The van der Waals surface area contributed by atoms with Crippen molar-refractivity contribution in [3.8, 4) is 0 Å². The van der Waals surface area contributed by atoms with Gasteiger partial charge < -0.3 is 4.74 Å². The SMILES string of the molecule is O=C(c1cc([N+](=O)[O-])cc([N+](=O)[O-])c1)N(CCN1CCOCC1)c1nc2ccc(F)cc2s1. The molecule has 1 aliphatic heterocycles. The molecule has 1 fully saturated rings. The number of nitro benzene ring substituents is 2. The van der Waals surface area contributed by atoms with Gasteiger partial charge in [-0.3, -0.25) is 34.8 Å². The minimum Gasteiger partial charge on any atom is -0.379 e. The van der Waals surface area contributed by atoms with Crippen LogP contribution >= 0.6 is 11.3 Å². The van der Waals surface area contributed by atoms with E-state index in [1.807, 2.05) is 0 Å². The van der Waals surface area contributed by atoms with Crippen LogP contribution in [0.25, 0.3) is 10.2 Å². The molecule has 0 spiro atoms. The Morgan fingerprint density at radius 3 is 2.42 bits per heavy atom. The van der Waals surface area contributed by atoms with E-state index in [2.05, 4.69) is 9.88 Å². The molecule has 2 heterocycles. The summed E-state index contributed by atoms with van der Waals surface area (Å²) in [6.07, 6.45) is 0. The maximum atomic E-state index is 13.7. The van der Waals surface area contributed by atoms with Crippen LogP contribution in [0.1, 0.15) is 10.4 Å². The Morgan fingerprint density at radius 2 is 1.79 bits per heavy atom. The van der Waals surface area contributed by atoms with Crippen LogP contribution in [0.15, 0.2) is 36.4 Å². The first kappa shape index (κ1) is 22.6. The van der Waals surface area contributed by atoms with Crippen molar-refractivity contribution >= 4 is 44.0 Å². The van der Waals surface area contributed by atoms with Crippen LogP contribution in [-0.2, 0) is 4.74 Å². The van der Waals surface area contributed by atoms with Gasteiger partial charge in [-0.15, -0.1) is 0 Å². The first-order chi connectivity index (χ1) is 15.8. The van der Waals surface area contributed by atoms with Gasteiger partial charge in [0.1, 0.15) is 5.82 Å². The molecule has 0 N–H and O–H groups in total. The van der Waals surface area contributed by atoms with E-state index in [9.17, 15) is 29.4 Å². The number of benzene rings is 2. The number of thiazole rings is 1. The second-order valence-corrected chi connectivity index (χ2v) is 8.28. The number of carbonyl (C=O) groups excluding carboxylic acids is 1. The van der Waals surface area contributed by atoms with E-state index in [1.54, 1.807) is 0 Å². The number of carbonyl (C=O) groups is 1. The molecule has 33 heavy (non-hydrogen) atoms. The Hall–Kier alpha value is -3.55. The van der Waals surface area contributed by atoms with Crippen molar-refractivity contribution in [1.82, 2.24) is 9.88 Å². The summed E-state index contributed by atoms with van der Waals surface area (Å²) in [4.78, 5) is 42.2. The Morgan fingerprint density at radius 1 is 1.12 bits per heavy atom. The molecule has 11 nitrogen and oxygen atoms in total. The molecule has 1 aromatic heterocycles. The Kier molecular flexibility index (Phi) is 6.53. The zero-order chi connectivity index (χ0) is 23.5. The number of non-ortho nitro benzene ring substituents is 2. The van der Waals surface area contributed by atoms with Crippen molar-refractivity contribution in [3.63, 3.8) is 0 Å². The molecule has 4 rings (SSSR count). The summed E-state index contributed by atoms with van der Waals surface area (Å²) in [7, 11) is 0. The van der Waals surface area contributed by atoms with E-state index in [0.717, 1.165) is 29.5 Å². The molecule has 0 radical (unpaired) electrons. The van der Waals surface area contributed by atoms with Crippen LogP contribution < -0.4 is 4.90 Å². The lowest BCUT2D eigenvalue weighted by atomic mass is 10.1. The summed E-state index contributed by atoms with van der Waals surface area (Å²) < 4.78 is 19.5. The van der Waals surface area contributed by atoms with Crippen LogP contribution in [0.2, 0.25) is 0 Å². The maximum absolute atomic E-state index is 13.7. The van der Waals surface area contributed by atoms with Crippen molar-refractivity contribution < 1.29 is 23.8 Å². The quantitative estimate of drug-likeness (QED) is 0.376. The number of halogens is 1. The van der Waals surface area contributed by atoms with E-state index >= 15 is 0 Å². The highest BCUT2D eigenvalue weighted by molar-refractivity contribution is 7.22. The minimum atomic E-state index is -0.789. The molecule has 0 unspecified atom stereocenters. The molecule has 0 saturated carbocycles. The Balaban J connectivity index is 1.72. The minimum absolute atomic E-state index is 0.178. The lowest BCUT2D eigenvalue weighted by Gasteiger charge is -2.29. The maximum Gasteiger partial charge on any atom is 0.277 e. The number of fused-ring (bicyclic) bond motifs is 1. The average Bonchev–Trinajstić information content (AvgIpc) is 3.22. The molecule has 3 aromatic rings. The van der Waals surface area contributed by atoms with Crippen LogP contribution in [0, 0.1) is 26.0 Å². The number of rotatable bonds is 7. The second-order valence-electron chi connectivity index (χ2n) is 7.27.